The van der Waals surface area contributed by atoms with Gasteiger partial charge in [0.05, 0.1) is 11.6 Å². The summed E-state index contributed by atoms with van der Waals surface area (Å²) < 4.78 is 11.1. The largest absolute Gasteiger partial charge is 0.482 e. The molecule has 0 bridgehead atoms. The SMILES string of the molecule is CCCN1C(=O)COc2ccc(-c3noc([C@@H]4CC(=O)N(c5ccc(C)cc5)C4)n3)cc21. The fourth-order valence-corrected chi connectivity index (χ4v) is 4.18. The number of hydrogen-bond donors (Lipinski definition) is 0. The van der Waals surface area contributed by atoms with Gasteiger partial charge in [0, 0.05) is 30.8 Å². The van der Waals surface area contributed by atoms with Crippen molar-refractivity contribution >= 4 is 23.2 Å². The Morgan fingerprint density at radius 1 is 1.09 bits per heavy atom. The number of rotatable bonds is 5. The molecule has 32 heavy (non-hydrogen) atoms. The van der Waals surface area contributed by atoms with Crippen molar-refractivity contribution in [3.63, 3.8) is 0 Å². The second-order valence-corrected chi connectivity index (χ2v) is 8.21. The molecule has 1 fully saturated rings. The molecule has 5 rings (SSSR count). The van der Waals surface area contributed by atoms with Crippen LogP contribution in [0.3, 0.4) is 0 Å². The maximum absolute atomic E-state index is 12.6. The molecule has 0 aliphatic carbocycles. The monoisotopic (exact) mass is 432 g/mol. The third-order valence-electron chi connectivity index (χ3n) is 5.87. The number of fused-ring (bicyclic) bond motifs is 1. The lowest BCUT2D eigenvalue weighted by Gasteiger charge is -2.29. The maximum atomic E-state index is 12.6. The lowest BCUT2D eigenvalue weighted by Crippen LogP contribution is -2.39. The number of hydrogen-bond acceptors (Lipinski definition) is 6. The lowest BCUT2D eigenvalue weighted by molar-refractivity contribution is -0.121. The average Bonchev–Trinajstić information content (AvgIpc) is 3.43. The number of ether oxygens (including phenoxy) is 1. The molecule has 1 atom stereocenters. The normalized spacial score (nSPS) is 18.1. The van der Waals surface area contributed by atoms with Crippen molar-refractivity contribution in [2.75, 3.05) is 29.5 Å². The first kappa shape index (κ1) is 20.2. The van der Waals surface area contributed by atoms with Gasteiger partial charge in [-0.2, -0.15) is 4.98 Å². The summed E-state index contributed by atoms with van der Waals surface area (Å²) in [6.07, 6.45) is 1.17. The van der Waals surface area contributed by atoms with E-state index in [1.165, 1.54) is 0 Å². The zero-order chi connectivity index (χ0) is 22.2. The first-order chi connectivity index (χ1) is 15.5. The first-order valence-corrected chi connectivity index (χ1v) is 10.8. The Balaban J connectivity index is 1.38. The van der Waals surface area contributed by atoms with Gasteiger partial charge in [0.2, 0.25) is 17.6 Å². The molecule has 8 nitrogen and oxygen atoms in total. The van der Waals surface area contributed by atoms with Crippen molar-refractivity contribution in [1.82, 2.24) is 10.1 Å². The van der Waals surface area contributed by atoms with Crippen molar-refractivity contribution < 1.29 is 18.8 Å². The average molecular weight is 432 g/mol. The first-order valence-electron chi connectivity index (χ1n) is 10.8. The van der Waals surface area contributed by atoms with Crippen LogP contribution >= 0.6 is 0 Å². The van der Waals surface area contributed by atoms with E-state index in [2.05, 4.69) is 10.1 Å². The van der Waals surface area contributed by atoms with Crippen LogP contribution in [0.1, 0.15) is 37.1 Å². The summed E-state index contributed by atoms with van der Waals surface area (Å²) in [6.45, 7) is 5.21. The topological polar surface area (TPSA) is 88.8 Å². The molecule has 0 N–H and O–H groups in total. The number of carbonyl (C=O) groups excluding carboxylic acids is 2. The third-order valence-corrected chi connectivity index (χ3v) is 5.87. The lowest BCUT2D eigenvalue weighted by atomic mass is 10.1. The Morgan fingerprint density at radius 3 is 2.69 bits per heavy atom. The molecule has 8 heteroatoms. The molecule has 3 aromatic rings. The highest BCUT2D eigenvalue weighted by atomic mass is 16.5. The Labute approximate surface area is 185 Å². The van der Waals surface area contributed by atoms with E-state index in [1.807, 2.05) is 56.3 Å². The molecule has 2 aliphatic heterocycles. The molecule has 3 heterocycles. The number of benzene rings is 2. The highest BCUT2D eigenvalue weighted by molar-refractivity contribution is 5.98. The summed E-state index contributed by atoms with van der Waals surface area (Å²) in [6, 6.07) is 13.4. The van der Waals surface area contributed by atoms with E-state index < -0.39 is 0 Å². The van der Waals surface area contributed by atoms with E-state index in [0.29, 0.717) is 42.7 Å². The van der Waals surface area contributed by atoms with Gasteiger partial charge in [-0.05, 0) is 43.7 Å². The van der Waals surface area contributed by atoms with Crippen LogP contribution in [0.25, 0.3) is 11.4 Å². The summed E-state index contributed by atoms with van der Waals surface area (Å²) in [5, 5.41) is 4.14. The fraction of sp³-hybridized carbons (Fsp3) is 0.333. The van der Waals surface area contributed by atoms with Crippen LogP contribution in [0, 0.1) is 6.92 Å². The van der Waals surface area contributed by atoms with Crippen LogP contribution in [-0.2, 0) is 9.59 Å². The van der Waals surface area contributed by atoms with E-state index in [0.717, 1.165) is 23.2 Å². The summed E-state index contributed by atoms with van der Waals surface area (Å²) >= 11 is 0. The number of aromatic nitrogens is 2. The fourth-order valence-electron chi connectivity index (χ4n) is 4.18. The molecule has 1 saturated heterocycles. The molecule has 0 radical (unpaired) electrons. The summed E-state index contributed by atoms with van der Waals surface area (Å²) in [5.74, 6) is 1.35. The summed E-state index contributed by atoms with van der Waals surface area (Å²) in [4.78, 5) is 33.0. The molecule has 0 unspecified atom stereocenters. The van der Waals surface area contributed by atoms with Gasteiger partial charge >= 0.3 is 0 Å². The standard InChI is InChI=1S/C24H24N4O4/c1-3-10-27-19-11-16(6-9-20(19)31-14-22(27)30)23-25-24(32-26-23)17-12-21(29)28(13-17)18-7-4-15(2)5-8-18/h4-9,11,17H,3,10,12-14H2,1-2H3/t17-/m1/s1. The highest BCUT2D eigenvalue weighted by Crippen LogP contribution is 2.37. The number of nitrogens with zero attached hydrogens (tertiary/aromatic N) is 4. The van der Waals surface area contributed by atoms with E-state index in [4.69, 9.17) is 9.26 Å². The number of amides is 2. The van der Waals surface area contributed by atoms with Crippen LogP contribution in [0.5, 0.6) is 5.75 Å². The van der Waals surface area contributed by atoms with Gasteiger partial charge in [0.15, 0.2) is 6.61 Å². The van der Waals surface area contributed by atoms with Crippen LogP contribution in [0.15, 0.2) is 47.0 Å². The van der Waals surface area contributed by atoms with Crippen LogP contribution in [0.2, 0.25) is 0 Å². The van der Waals surface area contributed by atoms with Crippen molar-refractivity contribution in [1.29, 1.82) is 0 Å². The predicted molar refractivity (Wildman–Crippen MR) is 119 cm³/mol. The maximum Gasteiger partial charge on any atom is 0.265 e. The van der Waals surface area contributed by atoms with E-state index in [9.17, 15) is 9.59 Å². The molecular formula is C24H24N4O4. The minimum Gasteiger partial charge on any atom is -0.482 e. The van der Waals surface area contributed by atoms with Gasteiger partial charge in [-0.3, -0.25) is 9.59 Å². The second kappa shape index (κ2) is 8.11. The molecule has 164 valence electrons. The molecule has 2 amide bonds. The zero-order valence-corrected chi connectivity index (χ0v) is 18.1. The van der Waals surface area contributed by atoms with Gasteiger partial charge in [0.1, 0.15) is 5.75 Å². The van der Waals surface area contributed by atoms with Gasteiger partial charge in [0.25, 0.3) is 5.91 Å². The number of aryl methyl sites for hydroxylation is 1. The van der Waals surface area contributed by atoms with Gasteiger partial charge in [-0.25, -0.2) is 0 Å². The Hall–Kier alpha value is -3.68. The zero-order valence-electron chi connectivity index (χ0n) is 18.1. The molecule has 2 aliphatic rings. The molecule has 2 aromatic carbocycles. The summed E-state index contributed by atoms with van der Waals surface area (Å²) in [5.41, 5.74) is 3.47. The number of carbonyl (C=O) groups is 2. The van der Waals surface area contributed by atoms with Crippen molar-refractivity contribution in [3.8, 4) is 17.1 Å². The molecule has 0 saturated carbocycles. The Kier molecular flexibility index (Phi) is 5.13. The molecule has 1 aromatic heterocycles. The summed E-state index contributed by atoms with van der Waals surface area (Å²) in [7, 11) is 0. The minimum atomic E-state index is -0.163. The Bertz CT molecular complexity index is 1170. The van der Waals surface area contributed by atoms with Gasteiger partial charge in [-0.1, -0.05) is 29.8 Å². The van der Waals surface area contributed by atoms with Crippen molar-refractivity contribution in [2.45, 2.75) is 32.6 Å². The predicted octanol–water partition coefficient (Wildman–Crippen LogP) is 3.70. The smallest absolute Gasteiger partial charge is 0.265 e. The second-order valence-electron chi connectivity index (χ2n) is 8.21. The minimum absolute atomic E-state index is 0.0400. The quantitative estimate of drug-likeness (QED) is 0.611. The van der Waals surface area contributed by atoms with Crippen molar-refractivity contribution in [2.24, 2.45) is 0 Å². The Morgan fingerprint density at radius 2 is 1.91 bits per heavy atom. The van der Waals surface area contributed by atoms with Crippen LogP contribution in [0.4, 0.5) is 11.4 Å². The van der Waals surface area contributed by atoms with Crippen LogP contribution < -0.4 is 14.5 Å². The highest BCUT2D eigenvalue weighted by Gasteiger charge is 2.35. The van der Waals surface area contributed by atoms with Gasteiger partial charge in [-0.15, -0.1) is 0 Å². The molecular weight excluding hydrogens is 408 g/mol. The number of anilines is 2. The third kappa shape index (κ3) is 3.62. The van der Waals surface area contributed by atoms with E-state index in [1.54, 1.807) is 9.80 Å². The molecule has 0 spiro atoms. The van der Waals surface area contributed by atoms with E-state index in [-0.39, 0.29) is 24.3 Å². The van der Waals surface area contributed by atoms with E-state index >= 15 is 0 Å². The van der Waals surface area contributed by atoms with Gasteiger partial charge < -0.3 is 19.1 Å². The van der Waals surface area contributed by atoms with Crippen molar-refractivity contribution in [3.05, 3.63) is 53.9 Å². The van der Waals surface area contributed by atoms with Crippen LogP contribution in [-0.4, -0.2) is 41.7 Å².